The average molecular weight is 194 g/mol. The first-order valence-electron chi connectivity index (χ1n) is 4.79. The van der Waals surface area contributed by atoms with Crippen molar-refractivity contribution in [3.63, 3.8) is 0 Å². The van der Waals surface area contributed by atoms with Gasteiger partial charge in [-0.1, -0.05) is 12.1 Å². The average Bonchev–Trinajstić information content (AvgIpc) is 2.17. The number of aliphatic hydroxyl groups is 1. The molecule has 3 nitrogen and oxygen atoms in total. The number of rotatable bonds is 4. The standard InChI is InChI=1S/C11H18N2O/c1-9-4-3-5-10(6-9)13(2)8-11(14)7-12/h3-6,11,14H,7-8,12H2,1-2H3. The van der Waals surface area contributed by atoms with Crippen molar-refractivity contribution in [2.24, 2.45) is 5.73 Å². The minimum atomic E-state index is -0.458. The van der Waals surface area contributed by atoms with Crippen LogP contribution in [0.15, 0.2) is 24.3 Å². The monoisotopic (exact) mass is 194 g/mol. The molecule has 0 heterocycles. The summed E-state index contributed by atoms with van der Waals surface area (Å²) in [6.45, 7) is 2.92. The summed E-state index contributed by atoms with van der Waals surface area (Å²) in [5, 5.41) is 9.39. The molecule has 14 heavy (non-hydrogen) atoms. The van der Waals surface area contributed by atoms with Crippen molar-refractivity contribution in [1.29, 1.82) is 0 Å². The summed E-state index contributed by atoms with van der Waals surface area (Å²) in [6, 6.07) is 8.17. The molecular weight excluding hydrogens is 176 g/mol. The zero-order valence-corrected chi connectivity index (χ0v) is 8.77. The van der Waals surface area contributed by atoms with Gasteiger partial charge in [0.1, 0.15) is 0 Å². The molecule has 78 valence electrons. The minimum Gasteiger partial charge on any atom is -0.390 e. The van der Waals surface area contributed by atoms with Crippen LogP contribution in [0.4, 0.5) is 5.69 Å². The van der Waals surface area contributed by atoms with Gasteiger partial charge < -0.3 is 15.7 Å². The van der Waals surface area contributed by atoms with Crippen molar-refractivity contribution in [2.45, 2.75) is 13.0 Å². The van der Waals surface area contributed by atoms with Crippen molar-refractivity contribution in [3.05, 3.63) is 29.8 Å². The molecule has 1 atom stereocenters. The van der Waals surface area contributed by atoms with E-state index in [4.69, 9.17) is 5.73 Å². The van der Waals surface area contributed by atoms with Crippen LogP contribution in [0.1, 0.15) is 5.56 Å². The SMILES string of the molecule is Cc1cccc(N(C)CC(O)CN)c1. The zero-order chi connectivity index (χ0) is 10.6. The van der Waals surface area contributed by atoms with Crippen LogP contribution < -0.4 is 10.6 Å². The van der Waals surface area contributed by atoms with Crippen LogP contribution in [0.5, 0.6) is 0 Å². The highest BCUT2D eigenvalue weighted by Gasteiger charge is 2.06. The number of nitrogens with zero attached hydrogens (tertiary/aromatic N) is 1. The lowest BCUT2D eigenvalue weighted by molar-refractivity contribution is 0.189. The van der Waals surface area contributed by atoms with Crippen LogP contribution in [0.3, 0.4) is 0 Å². The largest absolute Gasteiger partial charge is 0.390 e. The van der Waals surface area contributed by atoms with Gasteiger partial charge in [-0.15, -0.1) is 0 Å². The molecule has 0 aliphatic carbocycles. The molecule has 0 spiro atoms. The van der Waals surface area contributed by atoms with Gasteiger partial charge in [-0.05, 0) is 24.6 Å². The Hall–Kier alpha value is -1.06. The van der Waals surface area contributed by atoms with E-state index in [-0.39, 0.29) is 0 Å². The Bertz CT molecular complexity index is 288. The lowest BCUT2D eigenvalue weighted by atomic mass is 10.2. The van der Waals surface area contributed by atoms with Gasteiger partial charge >= 0.3 is 0 Å². The smallest absolute Gasteiger partial charge is 0.0836 e. The van der Waals surface area contributed by atoms with E-state index >= 15 is 0 Å². The van der Waals surface area contributed by atoms with Crippen LogP contribution in [0.2, 0.25) is 0 Å². The van der Waals surface area contributed by atoms with Gasteiger partial charge in [-0.3, -0.25) is 0 Å². The van der Waals surface area contributed by atoms with Gasteiger partial charge in [0.25, 0.3) is 0 Å². The van der Waals surface area contributed by atoms with Crippen LogP contribution in [0, 0.1) is 6.92 Å². The molecule has 0 fully saturated rings. The molecule has 0 aliphatic heterocycles. The Kier molecular flexibility index (Phi) is 3.92. The maximum Gasteiger partial charge on any atom is 0.0836 e. The summed E-state index contributed by atoms with van der Waals surface area (Å²) >= 11 is 0. The molecule has 3 N–H and O–H groups in total. The van der Waals surface area contributed by atoms with Crippen molar-refractivity contribution < 1.29 is 5.11 Å². The van der Waals surface area contributed by atoms with Gasteiger partial charge in [0.05, 0.1) is 6.10 Å². The second-order valence-corrected chi connectivity index (χ2v) is 3.61. The minimum absolute atomic E-state index is 0.302. The fourth-order valence-electron chi connectivity index (χ4n) is 1.36. The molecule has 0 aliphatic rings. The normalized spacial score (nSPS) is 12.6. The third kappa shape index (κ3) is 3.01. The number of aryl methyl sites for hydroxylation is 1. The van der Waals surface area contributed by atoms with Gasteiger partial charge in [-0.2, -0.15) is 0 Å². The van der Waals surface area contributed by atoms with Crippen molar-refractivity contribution in [1.82, 2.24) is 0 Å². The Labute approximate surface area is 85.2 Å². The molecule has 1 aromatic carbocycles. The van der Waals surface area contributed by atoms with Crippen LogP contribution in [0.25, 0.3) is 0 Å². The summed E-state index contributed by atoms with van der Waals surface area (Å²) in [7, 11) is 1.95. The van der Waals surface area contributed by atoms with E-state index in [9.17, 15) is 5.11 Å². The summed E-state index contributed by atoms with van der Waals surface area (Å²) < 4.78 is 0. The first-order chi connectivity index (χ1) is 6.63. The Balaban J connectivity index is 2.64. The zero-order valence-electron chi connectivity index (χ0n) is 8.77. The predicted molar refractivity (Wildman–Crippen MR) is 59.5 cm³/mol. The second kappa shape index (κ2) is 4.98. The number of aliphatic hydroxyl groups excluding tert-OH is 1. The third-order valence-corrected chi connectivity index (χ3v) is 2.20. The summed E-state index contributed by atoms with van der Waals surface area (Å²) in [5.41, 5.74) is 7.68. The van der Waals surface area contributed by atoms with Gasteiger partial charge in [0.2, 0.25) is 0 Å². The molecule has 0 saturated heterocycles. The number of benzene rings is 1. The molecule has 1 aromatic rings. The maximum absolute atomic E-state index is 9.39. The Morgan fingerprint density at radius 2 is 2.21 bits per heavy atom. The molecule has 0 bridgehead atoms. The molecule has 1 unspecified atom stereocenters. The van der Waals surface area contributed by atoms with Crippen molar-refractivity contribution >= 4 is 5.69 Å². The number of hydrogen-bond donors (Lipinski definition) is 2. The number of nitrogens with two attached hydrogens (primary N) is 1. The first-order valence-corrected chi connectivity index (χ1v) is 4.79. The molecule has 0 radical (unpaired) electrons. The van der Waals surface area contributed by atoms with E-state index < -0.39 is 6.10 Å². The predicted octanol–water partition coefficient (Wildman–Crippen LogP) is 0.751. The van der Waals surface area contributed by atoms with Crippen LogP contribution >= 0.6 is 0 Å². The summed E-state index contributed by atoms with van der Waals surface area (Å²) in [5.74, 6) is 0. The fourth-order valence-corrected chi connectivity index (χ4v) is 1.36. The van der Waals surface area contributed by atoms with E-state index in [0.29, 0.717) is 13.1 Å². The van der Waals surface area contributed by atoms with E-state index in [1.807, 2.05) is 24.1 Å². The number of anilines is 1. The highest BCUT2D eigenvalue weighted by molar-refractivity contribution is 5.47. The molecule has 0 saturated carbocycles. The van der Waals surface area contributed by atoms with Crippen molar-refractivity contribution in [2.75, 3.05) is 25.0 Å². The highest BCUT2D eigenvalue weighted by atomic mass is 16.3. The van der Waals surface area contributed by atoms with E-state index in [1.54, 1.807) is 0 Å². The maximum atomic E-state index is 9.39. The van der Waals surface area contributed by atoms with Gasteiger partial charge in [0, 0.05) is 25.8 Å². The van der Waals surface area contributed by atoms with Gasteiger partial charge in [0.15, 0.2) is 0 Å². The quantitative estimate of drug-likeness (QED) is 0.743. The van der Waals surface area contributed by atoms with Crippen LogP contribution in [-0.2, 0) is 0 Å². The van der Waals surface area contributed by atoms with E-state index in [2.05, 4.69) is 19.1 Å². The highest BCUT2D eigenvalue weighted by Crippen LogP contribution is 2.14. The number of hydrogen-bond acceptors (Lipinski definition) is 3. The third-order valence-electron chi connectivity index (χ3n) is 2.20. The number of likely N-dealkylation sites (N-methyl/N-ethyl adjacent to an activating group) is 1. The van der Waals surface area contributed by atoms with Crippen molar-refractivity contribution in [3.8, 4) is 0 Å². The van der Waals surface area contributed by atoms with E-state index in [1.165, 1.54) is 5.56 Å². The molecule has 3 heteroatoms. The molecular formula is C11H18N2O. The second-order valence-electron chi connectivity index (χ2n) is 3.61. The Morgan fingerprint density at radius 3 is 2.79 bits per heavy atom. The lowest BCUT2D eigenvalue weighted by Gasteiger charge is -2.22. The molecule has 0 aromatic heterocycles. The molecule has 1 rings (SSSR count). The summed E-state index contributed by atoms with van der Waals surface area (Å²) in [6.07, 6.45) is -0.458. The molecule has 0 amide bonds. The fraction of sp³-hybridized carbons (Fsp3) is 0.455. The van der Waals surface area contributed by atoms with Crippen LogP contribution in [-0.4, -0.2) is 31.3 Å². The Morgan fingerprint density at radius 1 is 1.50 bits per heavy atom. The topological polar surface area (TPSA) is 49.5 Å². The summed E-state index contributed by atoms with van der Waals surface area (Å²) in [4.78, 5) is 2.00. The lowest BCUT2D eigenvalue weighted by Crippen LogP contribution is -2.34. The first kappa shape index (κ1) is 11.0. The van der Waals surface area contributed by atoms with E-state index in [0.717, 1.165) is 5.69 Å². The van der Waals surface area contributed by atoms with Gasteiger partial charge in [-0.25, -0.2) is 0 Å².